The third-order valence-corrected chi connectivity index (χ3v) is 7.13. The largest absolute Gasteiger partial charge is 0.449 e. The first-order valence-corrected chi connectivity index (χ1v) is 11.5. The third kappa shape index (κ3) is 4.15. The molecule has 31 heavy (non-hydrogen) atoms. The van der Waals surface area contributed by atoms with Crippen LogP contribution in [0.1, 0.15) is 47.2 Å². The van der Waals surface area contributed by atoms with E-state index < -0.39 is 22.1 Å². The van der Waals surface area contributed by atoms with E-state index in [1.165, 1.54) is 22.5 Å². The van der Waals surface area contributed by atoms with Gasteiger partial charge in [-0.05, 0) is 49.6 Å². The van der Waals surface area contributed by atoms with E-state index in [1.807, 2.05) is 12.1 Å². The number of aryl methyl sites for hydroxylation is 2. The summed E-state index contributed by atoms with van der Waals surface area (Å²) in [4.78, 5) is 12.7. The Kier molecular flexibility index (Phi) is 5.72. The van der Waals surface area contributed by atoms with Gasteiger partial charge in [0.05, 0.1) is 21.2 Å². The van der Waals surface area contributed by atoms with Crippen molar-refractivity contribution in [2.45, 2.75) is 37.7 Å². The second kappa shape index (κ2) is 8.32. The van der Waals surface area contributed by atoms with Crippen LogP contribution in [0.25, 0.3) is 0 Å². The summed E-state index contributed by atoms with van der Waals surface area (Å²) in [5, 5.41) is 7.61. The van der Waals surface area contributed by atoms with Gasteiger partial charge in [0.1, 0.15) is 0 Å². The number of rotatable bonds is 5. The molecular formula is C21H20ClN3O5S. The van der Waals surface area contributed by atoms with E-state index in [-0.39, 0.29) is 21.4 Å². The summed E-state index contributed by atoms with van der Waals surface area (Å²) in [5.74, 6) is -0.314. The molecule has 2 heterocycles. The second-order valence-corrected chi connectivity index (χ2v) is 9.43. The first-order chi connectivity index (χ1) is 14.8. The van der Waals surface area contributed by atoms with Gasteiger partial charge in [-0.2, -0.15) is 0 Å². The molecule has 4 rings (SSSR count). The Bertz CT molecular complexity index is 1240. The monoisotopic (exact) mass is 461 g/mol. The topological polar surface area (TPSA) is 103 Å². The van der Waals surface area contributed by atoms with Gasteiger partial charge in [-0.3, -0.25) is 4.31 Å². The minimum absolute atomic E-state index is 0.0400. The molecule has 1 aliphatic rings. The van der Waals surface area contributed by atoms with E-state index in [2.05, 4.69) is 10.2 Å². The molecule has 2 aromatic carbocycles. The Labute approximate surface area is 184 Å². The Morgan fingerprint density at radius 2 is 2.00 bits per heavy atom. The molecule has 0 saturated carbocycles. The van der Waals surface area contributed by atoms with Gasteiger partial charge in [0.25, 0.3) is 15.9 Å². The molecule has 0 aliphatic carbocycles. The van der Waals surface area contributed by atoms with Crippen molar-refractivity contribution in [2.75, 3.05) is 10.8 Å². The SMILES string of the molecule is Cc1nnc(C(C)OC(=O)c2cc(S(=O)(=O)N3CCCc4ccccc43)ccc2Cl)o1. The predicted molar refractivity (Wildman–Crippen MR) is 114 cm³/mol. The fourth-order valence-corrected chi connectivity index (χ4v) is 5.21. The highest BCUT2D eigenvalue weighted by Crippen LogP contribution is 2.33. The van der Waals surface area contributed by atoms with Crippen LogP contribution >= 0.6 is 11.6 Å². The summed E-state index contributed by atoms with van der Waals surface area (Å²) in [6.45, 7) is 3.55. The number of sulfonamides is 1. The van der Waals surface area contributed by atoms with Crippen LogP contribution in [0.3, 0.4) is 0 Å². The number of para-hydroxylation sites is 1. The molecule has 10 heteroatoms. The van der Waals surface area contributed by atoms with Crippen LogP contribution in [0, 0.1) is 6.92 Å². The van der Waals surface area contributed by atoms with Crippen LogP contribution in [-0.4, -0.2) is 31.1 Å². The maximum absolute atomic E-state index is 13.4. The first-order valence-electron chi connectivity index (χ1n) is 9.68. The molecule has 0 amide bonds. The molecule has 1 aliphatic heterocycles. The molecule has 162 valence electrons. The summed E-state index contributed by atoms with van der Waals surface area (Å²) in [7, 11) is -3.90. The zero-order valence-electron chi connectivity index (χ0n) is 16.9. The van der Waals surface area contributed by atoms with Crippen LogP contribution in [0.15, 0.2) is 51.8 Å². The number of hydrogen-bond acceptors (Lipinski definition) is 7. The van der Waals surface area contributed by atoms with Crippen molar-refractivity contribution < 1.29 is 22.4 Å². The number of benzene rings is 2. The molecule has 3 aromatic rings. The van der Waals surface area contributed by atoms with Crippen LogP contribution in [0.5, 0.6) is 0 Å². The van der Waals surface area contributed by atoms with Crippen LogP contribution in [-0.2, 0) is 21.2 Å². The van der Waals surface area contributed by atoms with Crippen LogP contribution < -0.4 is 4.31 Å². The molecule has 0 radical (unpaired) electrons. The van der Waals surface area contributed by atoms with Gasteiger partial charge in [0.2, 0.25) is 5.89 Å². The smallest absolute Gasteiger partial charge is 0.340 e. The number of carbonyl (C=O) groups is 1. The number of aromatic nitrogens is 2. The van der Waals surface area contributed by atoms with Gasteiger partial charge < -0.3 is 9.15 Å². The summed E-state index contributed by atoms with van der Waals surface area (Å²) < 4.78 is 38.8. The van der Waals surface area contributed by atoms with Crippen molar-refractivity contribution >= 4 is 33.3 Å². The highest BCUT2D eigenvalue weighted by atomic mass is 35.5. The molecule has 0 fully saturated rings. The Balaban J connectivity index is 1.64. The quantitative estimate of drug-likeness (QED) is 0.527. The van der Waals surface area contributed by atoms with Gasteiger partial charge >= 0.3 is 5.97 Å². The zero-order chi connectivity index (χ0) is 22.2. The number of anilines is 1. The van der Waals surface area contributed by atoms with Gasteiger partial charge in [-0.25, -0.2) is 13.2 Å². The van der Waals surface area contributed by atoms with Gasteiger partial charge in [0.15, 0.2) is 6.10 Å². The van der Waals surface area contributed by atoms with Crippen molar-refractivity contribution in [1.82, 2.24) is 10.2 Å². The van der Waals surface area contributed by atoms with Crippen molar-refractivity contribution in [3.63, 3.8) is 0 Å². The molecule has 0 spiro atoms. The minimum Gasteiger partial charge on any atom is -0.449 e. The molecule has 1 unspecified atom stereocenters. The number of hydrogen-bond donors (Lipinski definition) is 0. The lowest BCUT2D eigenvalue weighted by atomic mass is 10.0. The lowest BCUT2D eigenvalue weighted by Gasteiger charge is -2.30. The average Bonchev–Trinajstić information content (AvgIpc) is 3.20. The maximum Gasteiger partial charge on any atom is 0.340 e. The van der Waals surface area contributed by atoms with Crippen molar-refractivity contribution in [1.29, 1.82) is 0 Å². The maximum atomic E-state index is 13.4. The summed E-state index contributed by atoms with van der Waals surface area (Å²) in [5.41, 5.74) is 1.55. The summed E-state index contributed by atoms with van der Waals surface area (Å²) >= 11 is 6.18. The van der Waals surface area contributed by atoms with E-state index in [9.17, 15) is 13.2 Å². The molecular weight excluding hydrogens is 442 g/mol. The molecule has 0 bridgehead atoms. The van der Waals surface area contributed by atoms with Gasteiger partial charge in [-0.15, -0.1) is 10.2 Å². The lowest BCUT2D eigenvalue weighted by Crippen LogP contribution is -2.35. The highest BCUT2D eigenvalue weighted by Gasteiger charge is 2.30. The van der Waals surface area contributed by atoms with Crippen LogP contribution in [0.4, 0.5) is 5.69 Å². The first kappa shape index (κ1) is 21.3. The standard InChI is InChI=1S/C21H20ClN3O5S/c1-13(20-24-23-14(2)30-20)29-21(26)17-12-16(9-10-18(17)22)31(27,28)25-11-5-7-15-6-3-4-8-19(15)25/h3-4,6,8-10,12-13H,5,7,11H2,1-2H3. The third-order valence-electron chi connectivity index (χ3n) is 4.99. The number of carbonyl (C=O) groups excluding carboxylic acids is 1. The van der Waals surface area contributed by atoms with Crippen molar-refractivity contribution in [2.24, 2.45) is 0 Å². The number of halogens is 1. The number of fused-ring (bicyclic) bond motifs is 1. The predicted octanol–water partition coefficient (Wildman–Crippen LogP) is 4.09. The summed E-state index contributed by atoms with van der Waals surface area (Å²) in [6, 6.07) is 11.4. The van der Waals surface area contributed by atoms with E-state index >= 15 is 0 Å². The molecule has 1 atom stereocenters. The fourth-order valence-electron chi connectivity index (χ4n) is 3.45. The van der Waals surface area contributed by atoms with Crippen molar-refractivity contribution in [3.05, 3.63) is 70.4 Å². The molecule has 0 saturated heterocycles. The number of nitrogens with zero attached hydrogens (tertiary/aromatic N) is 3. The molecule has 8 nitrogen and oxygen atoms in total. The average molecular weight is 462 g/mol. The molecule has 1 aromatic heterocycles. The lowest BCUT2D eigenvalue weighted by molar-refractivity contribution is 0.0277. The molecule has 0 N–H and O–H groups in total. The van der Waals surface area contributed by atoms with Crippen LogP contribution in [0.2, 0.25) is 5.02 Å². The van der Waals surface area contributed by atoms with E-state index in [4.69, 9.17) is 20.8 Å². The number of esters is 1. The second-order valence-electron chi connectivity index (χ2n) is 7.16. The van der Waals surface area contributed by atoms with E-state index in [0.717, 1.165) is 12.0 Å². The fraction of sp³-hybridized carbons (Fsp3) is 0.286. The Morgan fingerprint density at radius 3 is 2.74 bits per heavy atom. The number of ether oxygens (including phenoxy) is 1. The normalized spacial score (nSPS) is 14.7. The van der Waals surface area contributed by atoms with E-state index in [1.54, 1.807) is 26.0 Å². The van der Waals surface area contributed by atoms with Crippen molar-refractivity contribution in [3.8, 4) is 0 Å². The van der Waals surface area contributed by atoms with Gasteiger partial charge in [0, 0.05) is 13.5 Å². The Morgan fingerprint density at radius 1 is 1.23 bits per heavy atom. The van der Waals surface area contributed by atoms with E-state index in [0.29, 0.717) is 24.5 Å². The summed E-state index contributed by atoms with van der Waals surface area (Å²) in [6.07, 6.45) is 0.701. The highest BCUT2D eigenvalue weighted by molar-refractivity contribution is 7.92. The zero-order valence-corrected chi connectivity index (χ0v) is 18.5. The van der Waals surface area contributed by atoms with Gasteiger partial charge in [-0.1, -0.05) is 29.8 Å². The minimum atomic E-state index is -3.90. The Hall–Kier alpha value is -2.91.